The van der Waals surface area contributed by atoms with Crippen molar-refractivity contribution >= 4 is 11.6 Å². The van der Waals surface area contributed by atoms with E-state index in [1.54, 1.807) is 0 Å². The van der Waals surface area contributed by atoms with Crippen LogP contribution in [-0.4, -0.2) is 49.2 Å². The van der Waals surface area contributed by atoms with Gasteiger partial charge in [-0.3, -0.25) is 10.00 Å². The average molecular weight is 372 g/mol. The molecule has 1 aliphatic heterocycles. The Bertz CT molecular complexity index is 872. The average Bonchev–Trinajstić information content (AvgIpc) is 3.31. The molecule has 0 aliphatic carbocycles. The normalized spacial score (nSPS) is 20.7. The first kappa shape index (κ1) is 17.3. The molecule has 0 radical (unpaired) electrons. The third-order valence-corrected chi connectivity index (χ3v) is 5.10. The number of aryl methyl sites for hydroxylation is 1. The topological polar surface area (TPSA) is 70.0 Å². The predicted octanol–water partition coefficient (Wildman–Crippen LogP) is 2.59. The number of nitrogens with zero attached hydrogens (tertiary/aromatic N) is 4. The lowest BCUT2D eigenvalue weighted by molar-refractivity contribution is 0.140. The summed E-state index contributed by atoms with van der Waals surface area (Å²) in [5.74, 6) is 0.212. The zero-order valence-corrected chi connectivity index (χ0v) is 15.4. The number of likely N-dealkylation sites (tertiary alicyclic amines) is 1. The Morgan fingerprint density at radius 3 is 2.81 bits per heavy atom. The minimum atomic E-state index is -0.321. The van der Waals surface area contributed by atoms with Gasteiger partial charge in [0.25, 0.3) is 0 Å². The standard InChI is InChI=1S/C19H22ClN5O/c1-13-6-17(23-22-13)7-15-11-24(12-19(15)26)9-14-8-21-25(10-14)18-4-2-16(20)3-5-18/h2-6,8,10,15,19,26H,7,9,11-12H2,1H3,(H,22,23)/t15-,19+/m1/s1. The highest BCUT2D eigenvalue weighted by Crippen LogP contribution is 2.23. The van der Waals surface area contributed by atoms with E-state index in [1.807, 2.05) is 54.3 Å². The van der Waals surface area contributed by atoms with Crippen LogP contribution in [0.2, 0.25) is 5.02 Å². The number of hydrogen-bond acceptors (Lipinski definition) is 4. The Kier molecular flexibility index (Phi) is 4.80. The summed E-state index contributed by atoms with van der Waals surface area (Å²) in [6.07, 6.45) is 4.38. The van der Waals surface area contributed by atoms with Crippen molar-refractivity contribution in [2.24, 2.45) is 5.92 Å². The second kappa shape index (κ2) is 7.23. The highest BCUT2D eigenvalue weighted by Gasteiger charge is 2.31. The second-order valence-electron chi connectivity index (χ2n) is 7.04. The molecule has 2 N–H and O–H groups in total. The predicted molar refractivity (Wildman–Crippen MR) is 100 cm³/mol. The molecule has 4 rings (SSSR count). The van der Waals surface area contributed by atoms with E-state index in [0.717, 1.165) is 42.1 Å². The lowest BCUT2D eigenvalue weighted by Gasteiger charge is -2.13. The Morgan fingerprint density at radius 2 is 2.08 bits per heavy atom. The fourth-order valence-electron chi connectivity index (χ4n) is 3.55. The van der Waals surface area contributed by atoms with Crippen LogP contribution in [-0.2, 0) is 13.0 Å². The Balaban J connectivity index is 1.38. The van der Waals surface area contributed by atoms with Gasteiger partial charge in [-0.25, -0.2) is 4.68 Å². The highest BCUT2D eigenvalue weighted by atomic mass is 35.5. The number of aliphatic hydroxyl groups is 1. The van der Waals surface area contributed by atoms with Crippen LogP contribution in [0.3, 0.4) is 0 Å². The van der Waals surface area contributed by atoms with Crippen molar-refractivity contribution in [3.63, 3.8) is 0 Å². The molecule has 0 unspecified atom stereocenters. The number of aromatic nitrogens is 4. The Hall–Kier alpha value is -2.15. The summed E-state index contributed by atoms with van der Waals surface area (Å²) in [4.78, 5) is 2.28. The maximum Gasteiger partial charge on any atom is 0.0711 e. The summed E-state index contributed by atoms with van der Waals surface area (Å²) >= 11 is 5.94. The van der Waals surface area contributed by atoms with Crippen molar-refractivity contribution in [3.05, 3.63) is 64.7 Å². The van der Waals surface area contributed by atoms with Crippen LogP contribution in [0.5, 0.6) is 0 Å². The minimum absolute atomic E-state index is 0.212. The highest BCUT2D eigenvalue weighted by molar-refractivity contribution is 6.30. The fourth-order valence-corrected chi connectivity index (χ4v) is 3.68. The third-order valence-electron chi connectivity index (χ3n) is 4.85. The van der Waals surface area contributed by atoms with Crippen molar-refractivity contribution in [1.29, 1.82) is 0 Å². The molecule has 0 bridgehead atoms. The Morgan fingerprint density at radius 1 is 1.27 bits per heavy atom. The van der Waals surface area contributed by atoms with Gasteiger partial charge in [0.05, 0.1) is 23.7 Å². The van der Waals surface area contributed by atoms with E-state index < -0.39 is 0 Å². The second-order valence-corrected chi connectivity index (χ2v) is 7.47. The van der Waals surface area contributed by atoms with Gasteiger partial charge in [0, 0.05) is 48.0 Å². The third kappa shape index (κ3) is 3.82. The Labute approximate surface area is 157 Å². The van der Waals surface area contributed by atoms with Crippen LogP contribution in [0.1, 0.15) is 17.0 Å². The number of benzene rings is 1. The van der Waals surface area contributed by atoms with Gasteiger partial charge in [-0.05, 0) is 43.7 Å². The molecule has 1 aromatic carbocycles. The van der Waals surface area contributed by atoms with E-state index in [0.29, 0.717) is 11.6 Å². The zero-order valence-electron chi connectivity index (χ0n) is 14.6. The molecule has 2 aromatic heterocycles. The minimum Gasteiger partial charge on any atom is -0.391 e. The van der Waals surface area contributed by atoms with Crippen LogP contribution >= 0.6 is 11.6 Å². The zero-order chi connectivity index (χ0) is 18.1. The number of nitrogens with one attached hydrogen (secondary N) is 1. The molecule has 0 saturated carbocycles. The number of hydrogen-bond donors (Lipinski definition) is 2. The number of β-amino-alcohol motifs (C(OH)–C–C–N with tert-alkyl or cyclic N) is 1. The number of aliphatic hydroxyl groups excluding tert-OH is 1. The molecule has 0 amide bonds. The molecule has 1 fully saturated rings. The van der Waals surface area contributed by atoms with Gasteiger partial charge in [-0.1, -0.05) is 11.6 Å². The van der Waals surface area contributed by atoms with Gasteiger partial charge in [0.1, 0.15) is 0 Å². The quantitative estimate of drug-likeness (QED) is 0.723. The molecule has 3 aromatic rings. The summed E-state index contributed by atoms with van der Waals surface area (Å²) in [6, 6.07) is 9.65. The molecule has 0 spiro atoms. The van der Waals surface area contributed by atoms with E-state index >= 15 is 0 Å². The van der Waals surface area contributed by atoms with Gasteiger partial charge in [-0.15, -0.1) is 0 Å². The molecule has 1 saturated heterocycles. The summed E-state index contributed by atoms with van der Waals surface area (Å²) in [7, 11) is 0. The molecule has 1 aliphatic rings. The maximum absolute atomic E-state index is 10.4. The first-order chi connectivity index (χ1) is 12.6. The first-order valence-corrected chi connectivity index (χ1v) is 9.15. The monoisotopic (exact) mass is 371 g/mol. The van der Waals surface area contributed by atoms with Gasteiger partial charge in [-0.2, -0.15) is 10.2 Å². The lowest BCUT2D eigenvalue weighted by Crippen LogP contribution is -2.21. The summed E-state index contributed by atoms with van der Waals surface area (Å²) in [5, 5.41) is 22.8. The molecular formula is C19H22ClN5O. The van der Waals surface area contributed by atoms with Crippen LogP contribution in [0, 0.1) is 12.8 Å². The van der Waals surface area contributed by atoms with Gasteiger partial charge in [0.15, 0.2) is 0 Å². The van der Waals surface area contributed by atoms with Gasteiger partial charge in [0.2, 0.25) is 0 Å². The lowest BCUT2D eigenvalue weighted by atomic mass is 10.0. The summed E-state index contributed by atoms with van der Waals surface area (Å²) in [6.45, 7) is 4.31. The molecule has 3 heterocycles. The first-order valence-electron chi connectivity index (χ1n) is 8.77. The van der Waals surface area contributed by atoms with Gasteiger partial charge >= 0.3 is 0 Å². The summed E-state index contributed by atoms with van der Waals surface area (Å²) < 4.78 is 1.85. The van der Waals surface area contributed by atoms with Crippen molar-refractivity contribution in [3.8, 4) is 5.69 Å². The molecule has 7 heteroatoms. The van der Waals surface area contributed by atoms with E-state index in [-0.39, 0.29) is 12.0 Å². The number of rotatable bonds is 5. The fraction of sp³-hybridized carbons (Fsp3) is 0.368. The van der Waals surface area contributed by atoms with Crippen LogP contribution in [0.15, 0.2) is 42.7 Å². The number of halogens is 1. The molecule has 26 heavy (non-hydrogen) atoms. The summed E-state index contributed by atoms with van der Waals surface area (Å²) in [5.41, 5.74) is 4.18. The van der Waals surface area contributed by atoms with Crippen LogP contribution < -0.4 is 0 Å². The van der Waals surface area contributed by atoms with E-state index in [9.17, 15) is 5.11 Å². The van der Waals surface area contributed by atoms with Crippen LogP contribution in [0.25, 0.3) is 5.69 Å². The van der Waals surface area contributed by atoms with Crippen molar-refractivity contribution in [1.82, 2.24) is 24.9 Å². The molecule has 6 nitrogen and oxygen atoms in total. The van der Waals surface area contributed by atoms with Crippen LogP contribution in [0.4, 0.5) is 0 Å². The SMILES string of the molecule is Cc1cc(C[C@@H]2CN(Cc3cnn(-c4ccc(Cl)cc4)c3)C[C@@H]2O)n[nH]1. The molecule has 2 atom stereocenters. The molecular weight excluding hydrogens is 350 g/mol. The van der Waals surface area contributed by atoms with Crippen molar-refractivity contribution < 1.29 is 5.11 Å². The number of H-pyrrole nitrogens is 1. The van der Waals surface area contributed by atoms with E-state index in [1.165, 1.54) is 0 Å². The molecule has 136 valence electrons. The van der Waals surface area contributed by atoms with Crippen molar-refractivity contribution in [2.75, 3.05) is 13.1 Å². The van der Waals surface area contributed by atoms with Crippen molar-refractivity contribution in [2.45, 2.75) is 26.0 Å². The maximum atomic E-state index is 10.4. The van der Waals surface area contributed by atoms with Gasteiger partial charge < -0.3 is 5.11 Å². The van der Waals surface area contributed by atoms with E-state index in [4.69, 9.17) is 11.6 Å². The largest absolute Gasteiger partial charge is 0.391 e. The smallest absolute Gasteiger partial charge is 0.0711 e. The number of aromatic amines is 1. The van der Waals surface area contributed by atoms with E-state index in [2.05, 4.69) is 20.2 Å².